The lowest BCUT2D eigenvalue weighted by atomic mass is 10.2. The van der Waals surface area contributed by atoms with Crippen LogP contribution in [0.3, 0.4) is 0 Å². The van der Waals surface area contributed by atoms with E-state index in [0.29, 0.717) is 16.4 Å². The minimum absolute atomic E-state index is 0.212. The van der Waals surface area contributed by atoms with Gasteiger partial charge in [0.2, 0.25) is 0 Å². The first kappa shape index (κ1) is 16.7. The summed E-state index contributed by atoms with van der Waals surface area (Å²) in [6.07, 6.45) is 3.56. The van der Waals surface area contributed by atoms with E-state index in [2.05, 4.69) is 31.3 Å². The van der Waals surface area contributed by atoms with Crippen LogP contribution < -0.4 is 10.1 Å². The quantitative estimate of drug-likeness (QED) is 0.519. The van der Waals surface area contributed by atoms with Gasteiger partial charge in [-0.05, 0) is 52.3 Å². The van der Waals surface area contributed by atoms with Crippen molar-refractivity contribution in [3.63, 3.8) is 0 Å². The summed E-state index contributed by atoms with van der Waals surface area (Å²) in [7, 11) is 1.60. The average molecular weight is 429 g/mol. The van der Waals surface area contributed by atoms with E-state index in [1.165, 1.54) is 11.3 Å². The van der Waals surface area contributed by atoms with Crippen molar-refractivity contribution < 1.29 is 9.53 Å². The van der Waals surface area contributed by atoms with Crippen molar-refractivity contribution in [3.05, 3.63) is 64.9 Å². The maximum absolute atomic E-state index is 12.5. The third-order valence-corrected chi connectivity index (χ3v) is 5.11. The van der Waals surface area contributed by atoms with Crippen LogP contribution in [0.15, 0.2) is 59.3 Å². The zero-order valence-corrected chi connectivity index (χ0v) is 16.0. The minimum atomic E-state index is -0.212. The highest BCUT2D eigenvalue weighted by molar-refractivity contribution is 9.10. The van der Waals surface area contributed by atoms with E-state index in [9.17, 15) is 4.79 Å². The number of ether oxygens (including phenoxy) is 1. The van der Waals surface area contributed by atoms with E-state index in [-0.39, 0.29) is 5.91 Å². The van der Waals surface area contributed by atoms with Crippen molar-refractivity contribution in [1.29, 1.82) is 0 Å². The fourth-order valence-electron chi connectivity index (χ4n) is 2.52. The molecular formula is C18H13BrN4O2S. The van der Waals surface area contributed by atoms with Crippen LogP contribution in [0, 0.1) is 0 Å². The van der Waals surface area contributed by atoms with Gasteiger partial charge in [0.25, 0.3) is 5.91 Å². The molecule has 2 aromatic heterocycles. The second-order valence-electron chi connectivity index (χ2n) is 5.43. The molecule has 0 atom stereocenters. The molecule has 0 spiro atoms. The van der Waals surface area contributed by atoms with Gasteiger partial charge in [-0.25, -0.2) is 9.67 Å². The SMILES string of the molecule is COc1cccc2sc(NC(=O)c3ccc(-n4cc(Br)cn4)cc3)nc12. The van der Waals surface area contributed by atoms with Gasteiger partial charge in [-0.2, -0.15) is 5.10 Å². The first-order valence-corrected chi connectivity index (χ1v) is 9.30. The molecule has 4 aromatic rings. The van der Waals surface area contributed by atoms with Gasteiger partial charge in [0.1, 0.15) is 11.3 Å². The first-order valence-electron chi connectivity index (χ1n) is 7.69. The Morgan fingerprint density at radius 3 is 2.73 bits per heavy atom. The number of nitrogens with one attached hydrogen (secondary N) is 1. The number of rotatable bonds is 4. The Kier molecular flexibility index (Phi) is 4.44. The summed E-state index contributed by atoms with van der Waals surface area (Å²) in [5, 5.41) is 7.60. The van der Waals surface area contributed by atoms with E-state index >= 15 is 0 Å². The van der Waals surface area contributed by atoms with Crippen LogP contribution in [-0.4, -0.2) is 27.8 Å². The normalized spacial score (nSPS) is 10.8. The molecule has 2 heterocycles. The van der Waals surface area contributed by atoms with E-state index < -0.39 is 0 Å². The van der Waals surface area contributed by atoms with Gasteiger partial charge in [0.05, 0.1) is 28.2 Å². The Balaban J connectivity index is 1.54. The molecule has 1 amide bonds. The number of para-hydroxylation sites is 1. The van der Waals surface area contributed by atoms with Gasteiger partial charge < -0.3 is 4.74 Å². The molecule has 6 nitrogen and oxygen atoms in total. The molecule has 0 aliphatic rings. The number of nitrogens with zero attached hydrogens (tertiary/aromatic N) is 3. The van der Waals surface area contributed by atoms with Crippen molar-refractivity contribution in [2.24, 2.45) is 0 Å². The van der Waals surface area contributed by atoms with E-state index in [4.69, 9.17) is 4.74 Å². The number of fused-ring (bicyclic) bond motifs is 1. The Morgan fingerprint density at radius 1 is 1.23 bits per heavy atom. The number of thiazole rings is 1. The predicted molar refractivity (Wildman–Crippen MR) is 105 cm³/mol. The van der Waals surface area contributed by atoms with E-state index in [0.717, 1.165) is 20.4 Å². The number of carbonyl (C=O) groups excluding carboxylic acids is 1. The predicted octanol–water partition coefficient (Wildman–Crippen LogP) is 4.51. The smallest absolute Gasteiger partial charge is 0.257 e. The van der Waals surface area contributed by atoms with Gasteiger partial charge >= 0.3 is 0 Å². The third-order valence-electron chi connectivity index (χ3n) is 3.77. The van der Waals surface area contributed by atoms with E-state index in [1.807, 2.05) is 36.5 Å². The number of halogens is 1. The molecule has 0 aliphatic heterocycles. The number of amides is 1. The van der Waals surface area contributed by atoms with Crippen molar-refractivity contribution in [1.82, 2.24) is 14.8 Å². The topological polar surface area (TPSA) is 69.0 Å². The van der Waals surface area contributed by atoms with Crippen LogP contribution in [-0.2, 0) is 0 Å². The molecule has 2 aromatic carbocycles. The Morgan fingerprint density at radius 2 is 2.04 bits per heavy atom. The zero-order valence-electron chi connectivity index (χ0n) is 13.6. The number of carbonyl (C=O) groups is 1. The molecular weight excluding hydrogens is 416 g/mol. The van der Waals surface area contributed by atoms with Crippen LogP contribution in [0.25, 0.3) is 15.9 Å². The van der Waals surface area contributed by atoms with E-state index in [1.54, 1.807) is 30.1 Å². The maximum Gasteiger partial charge on any atom is 0.257 e. The second kappa shape index (κ2) is 6.89. The van der Waals surface area contributed by atoms with Crippen LogP contribution in [0.2, 0.25) is 0 Å². The molecule has 4 rings (SSSR count). The minimum Gasteiger partial charge on any atom is -0.494 e. The second-order valence-corrected chi connectivity index (χ2v) is 7.38. The number of hydrogen-bond acceptors (Lipinski definition) is 5. The highest BCUT2D eigenvalue weighted by atomic mass is 79.9. The van der Waals surface area contributed by atoms with Gasteiger partial charge in [-0.1, -0.05) is 17.4 Å². The monoisotopic (exact) mass is 428 g/mol. The van der Waals surface area contributed by atoms with Crippen molar-refractivity contribution >= 4 is 48.5 Å². The molecule has 0 radical (unpaired) electrons. The molecule has 130 valence electrons. The zero-order chi connectivity index (χ0) is 18.1. The van der Waals surface area contributed by atoms with Crippen molar-refractivity contribution in [3.8, 4) is 11.4 Å². The summed E-state index contributed by atoms with van der Waals surface area (Å²) in [6.45, 7) is 0. The molecule has 0 saturated heterocycles. The van der Waals surface area contributed by atoms with Crippen LogP contribution >= 0.6 is 27.3 Å². The summed E-state index contributed by atoms with van der Waals surface area (Å²) in [5.74, 6) is 0.477. The molecule has 0 unspecified atom stereocenters. The van der Waals surface area contributed by atoms with Crippen LogP contribution in [0.4, 0.5) is 5.13 Å². The lowest BCUT2D eigenvalue weighted by Gasteiger charge is -2.04. The fourth-order valence-corrected chi connectivity index (χ4v) is 3.68. The molecule has 0 aliphatic carbocycles. The standard InChI is InChI=1S/C18H13BrN4O2S/c1-25-14-3-2-4-15-16(14)21-18(26-15)22-17(24)11-5-7-13(8-6-11)23-10-12(19)9-20-23/h2-10H,1H3,(H,21,22,24). The summed E-state index contributed by atoms with van der Waals surface area (Å²) in [5.41, 5.74) is 2.16. The van der Waals surface area contributed by atoms with Crippen molar-refractivity contribution in [2.75, 3.05) is 12.4 Å². The number of anilines is 1. The number of benzene rings is 2. The number of methoxy groups -OCH3 is 1. The van der Waals surface area contributed by atoms with Gasteiger partial charge in [0, 0.05) is 11.8 Å². The highest BCUT2D eigenvalue weighted by Gasteiger charge is 2.12. The van der Waals surface area contributed by atoms with Gasteiger partial charge in [0.15, 0.2) is 5.13 Å². The molecule has 0 bridgehead atoms. The summed E-state index contributed by atoms with van der Waals surface area (Å²) in [6, 6.07) is 12.9. The van der Waals surface area contributed by atoms with Crippen LogP contribution in [0.5, 0.6) is 5.75 Å². The molecule has 0 fully saturated rings. The lowest BCUT2D eigenvalue weighted by Crippen LogP contribution is -2.11. The Labute approximate surface area is 161 Å². The van der Waals surface area contributed by atoms with Crippen molar-refractivity contribution in [2.45, 2.75) is 0 Å². The fraction of sp³-hybridized carbons (Fsp3) is 0.0556. The third kappa shape index (κ3) is 3.21. The molecule has 8 heteroatoms. The number of aromatic nitrogens is 3. The largest absolute Gasteiger partial charge is 0.494 e. The van der Waals surface area contributed by atoms with Crippen LogP contribution in [0.1, 0.15) is 10.4 Å². The van der Waals surface area contributed by atoms with Gasteiger partial charge in [-0.3, -0.25) is 10.1 Å². The first-order chi connectivity index (χ1) is 12.6. The molecule has 26 heavy (non-hydrogen) atoms. The average Bonchev–Trinajstić information content (AvgIpc) is 3.27. The summed E-state index contributed by atoms with van der Waals surface area (Å²) >= 11 is 4.78. The Hall–Kier alpha value is -2.71. The molecule has 0 saturated carbocycles. The number of hydrogen-bond donors (Lipinski definition) is 1. The summed E-state index contributed by atoms with van der Waals surface area (Å²) < 4.78 is 8.89. The maximum atomic E-state index is 12.5. The highest BCUT2D eigenvalue weighted by Crippen LogP contribution is 2.32. The van der Waals surface area contributed by atoms with Gasteiger partial charge in [-0.15, -0.1) is 0 Å². The summed E-state index contributed by atoms with van der Waals surface area (Å²) in [4.78, 5) is 17.0. The molecule has 1 N–H and O–H groups in total. The Bertz CT molecular complexity index is 1090. The lowest BCUT2D eigenvalue weighted by molar-refractivity contribution is 0.102.